The lowest BCUT2D eigenvalue weighted by atomic mass is 9.41. The van der Waals surface area contributed by atoms with E-state index in [1.54, 1.807) is 0 Å². The van der Waals surface area contributed by atoms with Crippen LogP contribution < -0.4 is 0 Å². The molecule has 0 aromatic carbocycles. The van der Waals surface area contributed by atoms with Crippen molar-refractivity contribution in [2.75, 3.05) is 33.5 Å². The topological polar surface area (TPSA) is 312 Å². The number of rotatable bonds is 15. The molecule has 19 nitrogen and oxygen atoms in total. The maximum absolute atomic E-state index is 12.9. The molecule has 0 aromatic rings. The van der Waals surface area contributed by atoms with E-state index in [-0.39, 0.29) is 50.4 Å². The number of fused-ring (bicyclic) bond motifs is 5. The maximum Gasteiger partial charge on any atom is 0.397 e. The quantitative estimate of drug-likeness (QED) is 0.0641. The molecule has 348 valence electrons. The van der Waals surface area contributed by atoms with Crippen molar-refractivity contribution >= 4 is 10.4 Å². The molecule has 11 N–H and O–H groups in total. The van der Waals surface area contributed by atoms with E-state index >= 15 is 0 Å². The number of allylic oxidation sites excluding steroid dienone is 1. The van der Waals surface area contributed by atoms with Gasteiger partial charge in [-0.25, -0.2) is 4.18 Å². The molecule has 60 heavy (non-hydrogen) atoms. The summed E-state index contributed by atoms with van der Waals surface area (Å²) < 4.78 is 68.1. The summed E-state index contributed by atoms with van der Waals surface area (Å²) in [7, 11) is -3.74. The van der Waals surface area contributed by atoms with E-state index in [1.807, 2.05) is 39.8 Å². The van der Waals surface area contributed by atoms with Crippen LogP contribution in [0.4, 0.5) is 0 Å². The zero-order valence-corrected chi connectivity index (χ0v) is 35.7. The van der Waals surface area contributed by atoms with Crippen LogP contribution in [0.3, 0.4) is 0 Å². The molecule has 2 heterocycles. The molecule has 6 fully saturated rings. The van der Waals surface area contributed by atoms with E-state index < -0.39 is 137 Å². The van der Waals surface area contributed by atoms with Crippen LogP contribution in [0, 0.1) is 52.3 Å². The zero-order chi connectivity index (χ0) is 44.3. The molecular weight excluding hydrogens is 816 g/mol. The Labute approximate surface area is 351 Å². The van der Waals surface area contributed by atoms with E-state index in [9.17, 15) is 64.0 Å². The molecular formula is C40H68O19S. The van der Waals surface area contributed by atoms with Gasteiger partial charge in [-0.15, -0.1) is 0 Å². The fraction of sp³-hybridized carbons (Fsp3) is 0.950. The third-order valence-electron chi connectivity index (χ3n) is 15.6. The van der Waals surface area contributed by atoms with Crippen LogP contribution >= 0.6 is 0 Å². The SMILES string of the molecule is COC1C(OC2C(OCC(C=CC(C)C3CC(O)C4C3(C)CCC3C5(C)CCC(O)C(O)C5C(OS(=O)(=O)O)CC34O)C(C)CO)OC(C(O)CO)C2O)OCC(O)C1O. The smallest absolute Gasteiger partial charge is 0.396 e. The minimum absolute atomic E-state index is 0.0746. The fourth-order valence-corrected chi connectivity index (χ4v) is 13.0. The van der Waals surface area contributed by atoms with Gasteiger partial charge in [-0.05, 0) is 66.6 Å². The molecule has 0 radical (unpaired) electrons. The minimum atomic E-state index is -5.02. The summed E-state index contributed by atoms with van der Waals surface area (Å²) in [4.78, 5) is 0. The van der Waals surface area contributed by atoms with Gasteiger partial charge in [0.05, 0.1) is 49.8 Å². The second-order valence-corrected chi connectivity index (χ2v) is 20.1. The summed E-state index contributed by atoms with van der Waals surface area (Å²) in [5.74, 6) is -3.31. The van der Waals surface area contributed by atoms with Crippen molar-refractivity contribution in [3.05, 3.63) is 12.2 Å². The fourth-order valence-electron chi connectivity index (χ4n) is 12.5. The average Bonchev–Trinajstić information content (AvgIpc) is 3.64. The second-order valence-electron chi connectivity index (χ2n) is 19.0. The predicted molar refractivity (Wildman–Crippen MR) is 206 cm³/mol. The molecule has 2 aliphatic heterocycles. The van der Waals surface area contributed by atoms with Crippen molar-refractivity contribution in [3.8, 4) is 0 Å². The predicted octanol–water partition coefficient (Wildman–Crippen LogP) is -1.77. The Balaban J connectivity index is 1.20. The van der Waals surface area contributed by atoms with Gasteiger partial charge >= 0.3 is 10.4 Å². The van der Waals surface area contributed by atoms with Gasteiger partial charge in [-0.3, -0.25) is 4.55 Å². The van der Waals surface area contributed by atoms with Gasteiger partial charge in [-0.1, -0.05) is 39.8 Å². The highest BCUT2D eigenvalue weighted by atomic mass is 32.3. The van der Waals surface area contributed by atoms with Crippen LogP contribution in [0.1, 0.15) is 66.2 Å². The normalized spacial score (nSPS) is 49.2. The third kappa shape index (κ3) is 8.87. The molecule has 23 unspecified atom stereocenters. The van der Waals surface area contributed by atoms with Crippen molar-refractivity contribution in [2.45, 2.75) is 152 Å². The van der Waals surface area contributed by atoms with Gasteiger partial charge in [0.2, 0.25) is 0 Å². The Morgan fingerprint density at radius 3 is 2.18 bits per heavy atom. The molecule has 0 aromatic heterocycles. The first-order chi connectivity index (χ1) is 28.1. The monoisotopic (exact) mass is 884 g/mol. The molecule has 0 spiro atoms. The highest BCUT2D eigenvalue weighted by molar-refractivity contribution is 7.80. The molecule has 4 aliphatic carbocycles. The van der Waals surface area contributed by atoms with Crippen molar-refractivity contribution in [1.82, 2.24) is 0 Å². The number of ether oxygens (including phenoxy) is 5. The highest BCUT2D eigenvalue weighted by Crippen LogP contribution is 2.70. The largest absolute Gasteiger partial charge is 0.397 e. The number of aliphatic hydroxyl groups is 10. The second kappa shape index (κ2) is 18.5. The Bertz CT molecular complexity index is 1590. The standard InChI is InChI=1S/C40H68O19S/c1-18(6-7-20(19(2)14-41)16-55-37-34(31(49)32(57-37)24(45)15-42)58-36-33(54-5)30(48)25(46)17-56-36)21-12-23(44)35-38(21,3)11-9-27-39(4)10-8-22(43)29(47)28(39)26(13-40(27,35)50)59-60(51,52)53/h6-7,18-37,41-50H,8-17H2,1-5H3,(H,51,52,53). The first kappa shape index (κ1) is 48.5. The van der Waals surface area contributed by atoms with Crippen LogP contribution in [-0.2, 0) is 38.3 Å². The van der Waals surface area contributed by atoms with Crippen LogP contribution in [-0.4, -0.2) is 183 Å². The number of hydrogen-bond donors (Lipinski definition) is 11. The number of aliphatic hydroxyl groups excluding tert-OH is 9. The van der Waals surface area contributed by atoms with Crippen LogP contribution in [0.2, 0.25) is 0 Å². The minimum Gasteiger partial charge on any atom is -0.396 e. The van der Waals surface area contributed by atoms with E-state index in [4.69, 9.17) is 27.9 Å². The molecule has 6 rings (SSSR count). The van der Waals surface area contributed by atoms with Gasteiger partial charge in [0, 0.05) is 37.9 Å². The Morgan fingerprint density at radius 1 is 0.867 bits per heavy atom. The lowest BCUT2D eigenvalue weighted by Crippen LogP contribution is -2.71. The maximum atomic E-state index is 12.9. The van der Waals surface area contributed by atoms with Crippen molar-refractivity contribution in [3.63, 3.8) is 0 Å². The van der Waals surface area contributed by atoms with E-state index in [0.717, 1.165) is 0 Å². The van der Waals surface area contributed by atoms with Gasteiger partial charge in [-0.2, -0.15) is 8.42 Å². The van der Waals surface area contributed by atoms with E-state index in [2.05, 4.69) is 0 Å². The van der Waals surface area contributed by atoms with Crippen molar-refractivity contribution in [1.29, 1.82) is 0 Å². The summed E-state index contributed by atoms with van der Waals surface area (Å²) in [5, 5.41) is 109. The molecule has 20 heteroatoms. The van der Waals surface area contributed by atoms with Crippen molar-refractivity contribution < 1.29 is 91.9 Å². The summed E-state index contributed by atoms with van der Waals surface area (Å²) in [6, 6.07) is 0. The Hall–Kier alpha value is -0.990. The Morgan fingerprint density at radius 2 is 1.55 bits per heavy atom. The Kier molecular flexibility index (Phi) is 14.9. The highest BCUT2D eigenvalue weighted by Gasteiger charge is 2.72. The summed E-state index contributed by atoms with van der Waals surface area (Å²) in [5.41, 5.74) is -3.20. The summed E-state index contributed by atoms with van der Waals surface area (Å²) >= 11 is 0. The van der Waals surface area contributed by atoms with Gasteiger partial charge < -0.3 is 74.7 Å². The molecule has 0 bridgehead atoms. The zero-order valence-electron chi connectivity index (χ0n) is 34.9. The lowest BCUT2D eigenvalue weighted by molar-refractivity contribution is -0.308. The summed E-state index contributed by atoms with van der Waals surface area (Å²) in [6.45, 7) is 6.34. The van der Waals surface area contributed by atoms with Gasteiger partial charge in [0.15, 0.2) is 12.6 Å². The number of hydrogen-bond acceptors (Lipinski definition) is 18. The number of methoxy groups -OCH3 is 1. The molecule has 4 saturated carbocycles. The van der Waals surface area contributed by atoms with Gasteiger partial charge in [0.1, 0.15) is 42.7 Å². The summed E-state index contributed by atoms with van der Waals surface area (Å²) in [6.07, 6.45) is -11.4. The average molecular weight is 885 g/mol. The first-order valence-corrected chi connectivity index (χ1v) is 22.5. The van der Waals surface area contributed by atoms with E-state index in [0.29, 0.717) is 25.7 Å². The molecule has 2 saturated heterocycles. The third-order valence-corrected chi connectivity index (χ3v) is 16.1. The lowest BCUT2D eigenvalue weighted by Gasteiger charge is -2.66. The van der Waals surface area contributed by atoms with Gasteiger partial charge in [0.25, 0.3) is 0 Å². The van der Waals surface area contributed by atoms with Crippen molar-refractivity contribution in [2.24, 2.45) is 52.3 Å². The molecule has 0 amide bonds. The molecule has 23 atom stereocenters. The van der Waals surface area contributed by atoms with Crippen LogP contribution in [0.5, 0.6) is 0 Å². The first-order valence-electron chi connectivity index (χ1n) is 21.2. The van der Waals surface area contributed by atoms with Crippen LogP contribution in [0.15, 0.2) is 12.2 Å². The molecule has 6 aliphatic rings. The van der Waals surface area contributed by atoms with E-state index in [1.165, 1.54) is 7.11 Å². The van der Waals surface area contributed by atoms with Crippen LogP contribution in [0.25, 0.3) is 0 Å².